The van der Waals surface area contributed by atoms with Gasteiger partial charge in [-0.3, -0.25) is 0 Å². The lowest BCUT2D eigenvalue weighted by molar-refractivity contribution is 0.0682. The third-order valence-electron chi connectivity index (χ3n) is 1.92. The molecule has 2 N–H and O–H groups in total. The van der Waals surface area contributed by atoms with Gasteiger partial charge in [0.2, 0.25) is 0 Å². The maximum absolute atomic E-state index is 13.1. The van der Waals surface area contributed by atoms with Gasteiger partial charge in [0.05, 0.1) is 18.8 Å². The van der Waals surface area contributed by atoms with E-state index in [9.17, 15) is 4.39 Å². The molecule has 0 spiro atoms. The van der Waals surface area contributed by atoms with Crippen molar-refractivity contribution in [2.24, 2.45) is 5.73 Å². The Hall–Kier alpha value is -0.450. The van der Waals surface area contributed by atoms with Gasteiger partial charge in [0.1, 0.15) is 5.82 Å². The summed E-state index contributed by atoms with van der Waals surface area (Å²) in [5.74, 6) is -0.292. The van der Waals surface area contributed by atoms with Crippen LogP contribution in [0.4, 0.5) is 4.39 Å². The molecule has 0 saturated carbocycles. The lowest BCUT2D eigenvalue weighted by Gasteiger charge is -2.15. The molecule has 1 rings (SSSR count). The smallest absolute Gasteiger partial charge is 0.124 e. The Morgan fingerprint density at radius 1 is 1.40 bits per heavy atom. The molecule has 1 aromatic rings. The van der Waals surface area contributed by atoms with Crippen LogP contribution >= 0.6 is 15.9 Å². The maximum atomic E-state index is 13.1. The van der Waals surface area contributed by atoms with Crippen molar-refractivity contribution in [2.45, 2.75) is 26.0 Å². The molecule has 84 valence electrons. The minimum absolute atomic E-state index is 0.132. The number of halogens is 2. The van der Waals surface area contributed by atoms with E-state index < -0.39 is 0 Å². The van der Waals surface area contributed by atoms with E-state index in [-0.39, 0.29) is 18.0 Å². The quantitative estimate of drug-likeness (QED) is 0.917. The van der Waals surface area contributed by atoms with Crippen LogP contribution in [-0.4, -0.2) is 12.7 Å². The zero-order valence-electron chi connectivity index (χ0n) is 8.84. The molecule has 0 aromatic heterocycles. The predicted molar refractivity (Wildman–Crippen MR) is 62.1 cm³/mol. The first kappa shape index (κ1) is 12.6. The van der Waals surface area contributed by atoms with Crippen LogP contribution in [-0.2, 0) is 4.74 Å². The van der Waals surface area contributed by atoms with E-state index >= 15 is 0 Å². The first-order valence-electron chi connectivity index (χ1n) is 4.82. The van der Waals surface area contributed by atoms with Crippen molar-refractivity contribution in [3.63, 3.8) is 0 Å². The normalized spacial score (nSPS) is 13.2. The average Bonchev–Trinajstić information content (AvgIpc) is 2.12. The predicted octanol–water partition coefficient (Wildman–Crippen LogP) is 3.01. The number of ether oxygens (including phenoxy) is 1. The van der Waals surface area contributed by atoms with Gasteiger partial charge in [0, 0.05) is 4.47 Å². The van der Waals surface area contributed by atoms with Crippen molar-refractivity contribution in [2.75, 3.05) is 6.61 Å². The molecular weight excluding hydrogens is 261 g/mol. The second kappa shape index (κ2) is 5.58. The van der Waals surface area contributed by atoms with Gasteiger partial charge in [-0.15, -0.1) is 0 Å². The molecule has 1 atom stereocenters. The van der Waals surface area contributed by atoms with E-state index in [1.165, 1.54) is 12.1 Å². The van der Waals surface area contributed by atoms with E-state index in [0.29, 0.717) is 11.1 Å². The van der Waals surface area contributed by atoms with Crippen molar-refractivity contribution in [3.05, 3.63) is 34.1 Å². The molecule has 0 heterocycles. The average molecular weight is 276 g/mol. The standard InChI is InChI=1S/C11H15BrFNO/c1-7(2)15-6-11(14)8-3-9(12)5-10(13)4-8/h3-5,7,11H,6,14H2,1-2H3. The zero-order valence-corrected chi connectivity index (χ0v) is 10.4. The van der Waals surface area contributed by atoms with Gasteiger partial charge in [-0.1, -0.05) is 15.9 Å². The van der Waals surface area contributed by atoms with Crippen LogP contribution in [0.1, 0.15) is 25.5 Å². The number of rotatable bonds is 4. The monoisotopic (exact) mass is 275 g/mol. The molecule has 0 radical (unpaired) electrons. The van der Waals surface area contributed by atoms with E-state index in [1.54, 1.807) is 6.07 Å². The molecule has 1 aromatic carbocycles. The van der Waals surface area contributed by atoms with Crippen LogP contribution in [0, 0.1) is 5.82 Å². The highest BCUT2D eigenvalue weighted by molar-refractivity contribution is 9.10. The molecule has 0 aliphatic heterocycles. The second-order valence-corrected chi connectivity index (χ2v) is 4.61. The lowest BCUT2D eigenvalue weighted by Crippen LogP contribution is -2.19. The Morgan fingerprint density at radius 3 is 2.60 bits per heavy atom. The molecule has 0 aliphatic carbocycles. The summed E-state index contributed by atoms with van der Waals surface area (Å²) in [6.07, 6.45) is 0.132. The van der Waals surface area contributed by atoms with Gasteiger partial charge in [-0.2, -0.15) is 0 Å². The van der Waals surface area contributed by atoms with Gasteiger partial charge in [0.25, 0.3) is 0 Å². The Balaban J connectivity index is 2.68. The van der Waals surface area contributed by atoms with E-state index in [2.05, 4.69) is 15.9 Å². The number of hydrogen-bond donors (Lipinski definition) is 1. The molecular formula is C11H15BrFNO. The topological polar surface area (TPSA) is 35.2 Å². The molecule has 1 unspecified atom stereocenters. The van der Waals surface area contributed by atoms with Crippen molar-refractivity contribution < 1.29 is 9.13 Å². The second-order valence-electron chi connectivity index (χ2n) is 3.69. The molecule has 0 bridgehead atoms. The van der Waals surface area contributed by atoms with Crippen LogP contribution in [0.15, 0.2) is 22.7 Å². The Labute approximate surface area is 97.7 Å². The van der Waals surface area contributed by atoms with Crippen LogP contribution in [0.3, 0.4) is 0 Å². The fraction of sp³-hybridized carbons (Fsp3) is 0.455. The maximum Gasteiger partial charge on any atom is 0.124 e. The van der Waals surface area contributed by atoms with E-state index in [4.69, 9.17) is 10.5 Å². The van der Waals surface area contributed by atoms with Gasteiger partial charge >= 0.3 is 0 Å². The van der Waals surface area contributed by atoms with Crippen LogP contribution in [0.25, 0.3) is 0 Å². The van der Waals surface area contributed by atoms with Crippen LogP contribution < -0.4 is 5.73 Å². The summed E-state index contributed by atoms with van der Waals surface area (Å²) in [6.45, 7) is 4.27. The van der Waals surface area contributed by atoms with Crippen molar-refractivity contribution in [1.82, 2.24) is 0 Å². The fourth-order valence-corrected chi connectivity index (χ4v) is 1.66. The SMILES string of the molecule is CC(C)OCC(N)c1cc(F)cc(Br)c1. The van der Waals surface area contributed by atoms with Gasteiger partial charge in [-0.05, 0) is 37.6 Å². The summed E-state index contributed by atoms with van der Waals surface area (Å²) in [6, 6.07) is 4.34. The highest BCUT2D eigenvalue weighted by atomic mass is 79.9. The summed E-state index contributed by atoms with van der Waals surface area (Å²) in [5.41, 5.74) is 6.61. The molecule has 2 nitrogen and oxygen atoms in total. The van der Waals surface area contributed by atoms with Crippen LogP contribution in [0.5, 0.6) is 0 Å². The van der Waals surface area contributed by atoms with Crippen molar-refractivity contribution in [1.29, 1.82) is 0 Å². The summed E-state index contributed by atoms with van der Waals surface area (Å²) >= 11 is 3.22. The number of nitrogens with two attached hydrogens (primary N) is 1. The number of hydrogen-bond acceptors (Lipinski definition) is 2. The Morgan fingerprint density at radius 2 is 2.07 bits per heavy atom. The number of benzene rings is 1. The Bertz CT molecular complexity index is 310. The first-order chi connectivity index (χ1) is 6.99. The summed E-state index contributed by atoms with van der Waals surface area (Å²) in [5, 5.41) is 0. The van der Waals surface area contributed by atoms with Gasteiger partial charge in [-0.25, -0.2) is 4.39 Å². The first-order valence-corrected chi connectivity index (χ1v) is 5.61. The molecule has 4 heteroatoms. The van der Waals surface area contributed by atoms with E-state index in [1.807, 2.05) is 13.8 Å². The van der Waals surface area contributed by atoms with Gasteiger partial charge < -0.3 is 10.5 Å². The van der Waals surface area contributed by atoms with E-state index in [0.717, 1.165) is 5.56 Å². The highest BCUT2D eigenvalue weighted by Gasteiger charge is 2.09. The summed E-state index contributed by atoms with van der Waals surface area (Å²) in [7, 11) is 0. The van der Waals surface area contributed by atoms with Gasteiger partial charge in [0.15, 0.2) is 0 Å². The molecule has 0 aliphatic rings. The van der Waals surface area contributed by atoms with Crippen molar-refractivity contribution >= 4 is 15.9 Å². The van der Waals surface area contributed by atoms with Crippen LogP contribution in [0.2, 0.25) is 0 Å². The summed E-state index contributed by atoms with van der Waals surface area (Å²) < 4.78 is 19.1. The summed E-state index contributed by atoms with van der Waals surface area (Å²) in [4.78, 5) is 0. The highest BCUT2D eigenvalue weighted by Crippen LogP contribution is 2.19. The minimum Gasteiger partial charge on any atom is -0.377 e. The third kappa shape index (κ3) is 4.28. The zero-order chi connectivity index (χ0) is 11.4. The fourth-order valence-electron chi connectivity index (χ4n) is 1.18. The Kier molecular flexibility index (Phi) is 4.70. The third-order valence-corrected chi connectivity index (χ3v) is 2.38. The minimum atomic E-state index is -0.292. The molecule has 15 heavy (non-hydrogen) atoms. The van der Waals surface area contributed by atoms with Crippen molar-refractivity contribution in [3.8, 4) is 0 Å². The molecule has 0 fully saturated rings. The molecule has 0 saturated heterocycles. The largest absolute Gasteiger partial charge is 0.377 e. The molecule has 0 amide bonds. The lowest BCUT2D eigenvalue weighted by atomic mass is 10.1.